The van der Waals surface area contributed by atoms with Crippen LogP contribution in [0.15, 0.2) is 18.2 Å². The molecule has 0 heterocycles. The number of benzene rings is 1. The molecule has 1 amide bonds. The van der Waals surface area contributed by atoms with Gasteiger partial charge < -0.3 is 15.4 Å². The molecule has 0 fully saturated rings. The molecule has 8 heteroatoms. The molecule has 0 radical (unpaired) electrons. The molecule has 22 heavy (non-hydrogen) atoms. The third-order valence-corrected chi connectivity index (χ3v) is 2.72. The number of hydrogen-bond acceptors (Lipinski definition) is 3. The fourth-order valence-electron chi connectivity index (χ4n) is 1.51. The number of alkyl carbamates (subject to hydrolysis) is 1. The van der Waals surface area contributed by atoms with Crippen LogP contribution in [0.3, 0.4) is 0 Å². The summed E-state index contributed by atoms with van der Waals surface area (Å²) in [5.41, 5.74) is -1.04. The van der Waals surface area contributed by atoms with E-state index in [9.17, 15) is 18.0 Å². The highest BCUT2D eigenvalue weighted by Crippen LogP contribution is 2.33. The highest BCUT2D eigenvalue weighted by Gasteiger charge is 2.30. The summed E-state index contributed by atoms with van der Waals surface area (Å²) in [4.78, 5) is 11.4. The molecule has 0 aliphatic rings. The lowest BCUT2D eigenvalue weighted by atomic mass is 10.2. The molecule has 2 N–H and O–H groups in total. The van der Waals surface area contributed by atoms with Crippen LogP contribution in [0.4, 0.5) is 23.7 Å². The van der Waals surface area contributed by atoms with E-state index >= 15 is 0 Å². The van der Waals surface area contributed by atoms with Crippen molar-refractivity contribution in [2.24, 2.45) is 0 Å². The fourth-order valence-corrected chi connectivity index (χ4v) is 1.76. The van der Waals surface area contributed by atoms with Gasteiger partial charge >= 0.3 is 12.3 Å². The average molecular weight is 339 g/mol. The Kier molecular flexibility index (Phi) is 5.93. The number of halogens is 4. The van der Waals surface area contributed by atoms with Gasteiger partial charge in [-0.25, -0.2) is 4.79 Å². The molecule has 1 rings (SSSR count). The van der Waals surface area contributed by atoms with Crippen molar-refractivity contribution in [3.8, 4) is 0 Å². The molecule has 0 saturated heterocycles. The topological polar surface area (TPSA) is 50.4 Å². The molecule has 4 nitrogen and oxygen atoms in total. The van der Waals surface area contributed by atoms with Crippen molar-refractivity contribution in [1.29, 1.82) is 0 Å². The smallest absolute Gasteiger partial charge is 0.416 e. The van der Waals surface area contributed by atoms with Gasteiger partial charge in [-0.3, -0.25) is 0 Å². The normalized spacial score (nSPS) is 12.0. The van der Waals surface area contributed by atoms with Crippen LogP contribution in [-0.4, -0.2) is 24.8 Å². The van der Waals surface area contributed by atoms with Crippen LogP contribution < -0.4 is 10.6 Å². The zero-order valence-corrected chi connectivity index (χ0v) is 13.2. The second-order valence-electron chi connectivity index (χ2n) is 5.55. The minimum absolute atomic E-state index is 0.0351. The third-order valence-electron chi connectivity index (χ3n) is 2.41. The van der Waals surface area contributed by atoms with Crippen molar-refractivity contribution in [3.05, 3.63) is 28.8 Å². The Morgan fingerprint density at radius 2 is 1.86 bits per heavy atom. The Balaban J connectivity index is 2.45. The second kappa shape index (κ2) is 7.09. The van der Waals surface area contributed by atoms with Crippen LogP contribution in [0.2, 0.25) is 5.02 Å². The SMILES string of the molecule is CC(C)(C)OC(=O)NCCNc1ccc(C(F)(F)F)cc1Cl. The molecule has 0 aliphatic carbocycles. The van der Waals surface area contributed by atoms with E-state index in [-0.39, 0.29) is 11.6 Å². The van der Waals surface area contributed by atoms with E-state index in [1.54, 1.807) is 20.8 Å². The zero-order valence-electron chi connectivity index (χ0n) is 12.5. The van der Waals surface area contributed by atoms with Gasteiger partial charge in [0.05, 0.1) is 16.3 Å². The number of ether oxygens (including phenoxy) is 1. The van der Waals surface area contributed by atoms with E-state index in [2.05, 4.69) is 10.6 Å². The van der Waals surface area contributed by atoms with Crippen molar-refractivity contribution >= 4 is 23.4 Å². The van der Waals surface area contributed by atoms with Crippen molar-refractivity contribution in [1.82, 2.24) is 5.32 Å². The number of rotatable bonds is 4. The van der Waals surface area contributed by atoms with Crippen molar-refractivity contribution < 1.29 is 22.7 Å². The molecular formula is C14H18ClF3N2O2. The number of alkyl halides is 3. The lowest BCUT2D eigenvalue weighted by Crippen LogP contribution is -2.35. The van der Waals surface area contributed by atoms with Crippen LogP contribution in [0.25, 0.3) is 0 Å². The maximum absolute atomic E-state index is 12.5. The number of anilines is 1. The molecule has 124 valence electrons. The zero-order chi connectivity index (χ0) is 17.0. The number of carbonyl (C=O) groups is 1. The van der Waals surface area contributed by atoms with E-state index in [1.807, 2.05) is 0 Å². The highest BCUT2D eigenvalue weighted by atomic mass is 35.5. The van der Waals surface area contributed by atoms with Crippen molar-refractivity contribution in [3.63, 3.8) is 0 Å². The van der Waals surface area contributed by atoms with Crippen LogP contribution in [0, 0.1) is 0 Å². The standard InChI is InChI=1S/C14H18ClF3N2O2/c1-13(2,3)22-12(21)20-7-6-19-11-5-4-9(8-10(11)15)14(16,17)18/h4-5,8,19H,6-7H2,1-3H3,(H,20,21). The maximum atomic E-state index is 12.5. The minimum atomic E-state index is -4.43. The van der Waals surface area contributed by atoms with Gasteiger partial charge in [0.1, 0.15) is 5.60 Å². The summed E-state index contributed by atoms with van der Waals surface area (Å²) in [6.45, 7) is 5.77. The predicted octanol–water partition coefficient (Wildman–Crippen LogP) is 4.30. The first-order valence-electron chi connectivity index (χ1n) is 6.56. The lowest BCUT2D eigenvalue weighted by molar-refractivity contribution is -0.137. The summed E-state index contributed by atoms with van der Waals surface area (Å²) >= 11 is 5.79. The van der Waals surface area contributed by atoms with Gasteiger partial charge in [-0.1, -0.05) is 11.6 Å². The molecule has 0 atom stereocenters. The Hall–Kier alpha value is -1.63. The number of hydrogen-bond donors (Lipinski definition) is 2. The van der Waals surface area contributed by atoms with E-state index < -0.39 is 23.4 Å². The Bertz CT molecular complexity index is 528. The summed E-state index contributed by atoms with van der Waals surface area (Å²) in [7, 11) is 0. The van der Waals surface area contributed by atoms with Crippen LogP contribution in [0.1, 0.15) is 26.3 Å². The van der Waals surface area contributed by atoms with Gasteiger partial charge in [0.15, 0.2) is 0 Å². The minimum Gasteiger partial charge on any atom is -0.444 e. The molecule has 1 aromatic carbocycles. The Morgan fingerprint density at radius 1 is 1.23 bits per heavy atom. The van der Waals surface area contributed by atoms with Gasteiger partial charge in [0.2, 0.25) is 0 Å². The molecular weight excluding hydrogens is 321 g/mol. The fraction of sp³-hybridized carbons (Fsp3) is 0.500. The molecule has 1 aromatic rings. The first-order valence-corrected chi connectivity index (χ1v) is 6.94. The number of amides is 1. The Morgan fingerprint density at radius 3 is 2.36 bits per heavy atom. The van der Waals surface area contributed by atoms with E-state index in [0.29, 0.717) is 12.2 Å². The molecule has 0 bridgehead atoms. The number of nitrogens with one attached hydrogen (secondary N) is 2. The summed E-state index contributed by atoms with van der Waals surface area (Å²) in [5, 5.41) is 5.32. The summed E-state index contributed by atoms with van der Waals surface area (Å²) in [6, 6.07) is 3.04. The van der Waals surface area contributed by atoms with Gasteiger partial charge in [0.25, 0.3) is 0 Å². The van der Waals surface area contributed by atoms with E-state index in [4.69, 9.17) is 16.3 Å². The second-order valence-corrected chi connectivity index (χ2v) is 5.96. The summed E-state index contributed by atoms with van der Waals surface area (Å²) in [5.74, 6) is 0. The van der Waals surface area contributed by atoms with Crippen molar-refractivity contribution in [2.45, 2.75) is 32.5 Å². The first kappa shape index (κ1) is 18.4. The van der Waals surface area contributed by atoms with Crippen molar-refractivity contribution in [2.75, 3.05) is 18.4 Å². The monoisotopic (exact) mass is 338 g/mol. The first-order chi connectivity index (χ1) is 9.99. The number of carbonyl (C=O) groups excluding carboxylic acids is 1. The maximum Gasteiger partial charge on any atom is 0.416 e. The van der Waals surface area contributed by atoms with Gasteiger partial charge in [0, 0.05) is 13.1 Å². The van der Waals surface area contributed by atoms with Gasteiger partial charge in [-0.05, 0) is 39.0 Å². The highest BCUT2D eigenvalue weighted by molar-refractivity contribution is 6.33. The largest absolute Gasteiger partial charge is 0.444 e. The van der Waals surface area contributed by atoms with Gasteiger partial charge in [-0.2, -0.15) is 13.2 Å². The molecule has 0 aromatic heterocycles. The van der Waals surface area contributed by atoms with E-state index in [0.717, 1.165) is 12.1 Å². The third kappa shape index (κ3) is 6.43. The van der Waals surface area contributed by atoms with Crippen LogP contribution >= 0.6 is 11.6 Å². The lowest BCUT2D eigenvalue weighted by Gasteiger charge is -2.19. The van der Waals surface area contributed by atoms with Gasteiger partial charge in [-0.15, -0.1) is 0 Å². The summed E-state index contributed by atoms with van der Waals surface area (Å²) < 4.78 is 42.5. The molecule has 0 spiro atoms. The molecule has 0 aliphatic heterocycles. The Labute approximate surface area is 132 Å². The average Bonchev–Trinajstić information content (AvgIpc) is 2.32. The van der Waals surface area contributed by atoms with E-state index in [1.165, 1.54) is 6.07 Å². The molecule has 0 unspecified atom stereocenters. The van der Waals surface area contributed by atoms with Crippen LogP contribution in [-0.2, 0) is 10.9 Å². The predicted molar refractivity (Wildman–Crippen MR) is 79.2 cm³/mol. The van der Waals surface area contributed by atoms with Crippen LogP contribution in [0.5, 0.6) is 0 Å². The quantitative estimate of drug-likeness (QED) is 0.805. The summed E-state index contributed by atoms with van der Waals surface area (Å²) in [6.07, 6.45) is -4.99. The molecule has 0 saturated carbocycles.